The highest BCUT2D eigenvalue weighted by atomic mass is 35.5. The zero-order valence-electron chi connectivity index (χ0n) is 18.8. The summed E-state index contributed by atoms with van der Waals surface area (Å²) < 4.78 is 65.4. The standard InChI is InChI=1S/C22H20ClF5N4O4/c1-21(24,25)9-8-14(17(33)20(36)29-2)32-18(34)12-10-11(23)6-7-13(12)31-19(35)15-4-3-5-16(30-15)22(26,27)28/h3-7,10,14H,8-9H2,1-2H3,(H,29,36)(H,31,35)(H,32,34)/t14-/m0/s1. The summed E-state index contributed by atoms with van der Waals surface area (Å²) in [4.78, 5) is 52.8. The van der Waals surface area contributed by atoms with Crippen LogP contribution in [0.3, 0.4) is 0 Å². The molecule has 0 saturated heterocycles. The van der Waals surface area contributed by atoms with Gasteiger partial charge in [-0.05, 0) is 43.7 Å². The molecule has 3 N–H and O–H groups in total. The molecule has 194 valence electrons. The van der Waals surface area contributed by atoms with Gasteiger partial charge in [-0.2, -0.15) is 13.2 Å². The Morgan fingerprint density at radius 3 is 2.28 bits per heavy atom. The van der Waals surface area contributed by atoms with E-state index in [1.54, 1.807) is 0 Å². The summed E-state index contributed by atoms with van der Waals surface area (Å²) in [5.74, 6) is -7.67. The molecule has 0 fully saturated rings. The number of carbonyl (C=O) groups is 4. The van der Waals surface area contributed by atoms with Gasteiger partial charge in [0.05, 0.1) is 17.3 Å². The predicted molar refractivity (Wildman–Crippen MR) is 119 cm³/mol. The highest BCUT2D eigenvalue weighted by molar-refractivity contribution is 6.38. The second-order valence-corrected chi connectivity index (χ2v) is 8.06. The van der Waals surface area contributed by atoms with Crippen LogP contribution >= 0.6 is 11.6 Å². The van der Waals surface area contributed by atoms with Crippen LogP contribution in [0.25, 0.3) is 0 Å². The molecule has 0 spiro atoms. The molecule has 0 unspecified atom stereocenters. The maximum absolute atomic E-state index is 13.3. The molecule has 8 nitrogen and oxygen atoms in total. The SMILES string of the molecule is CNC(=O)C(=O)[C@H](CCC(C)(F)F)NC(=O)c1cc(Cl)ccc1NC(=O)c1cccc(C(F)(F)F)n1. The summed E-state index contributed by atoms with van der Waals surface area (Å²) in [5.41, 5.74) is -2.50. The Balaban J connectivity index is 2.33. The summed E-state index contributed by atoms with van der Waals surface area (Å²) in [5, 5.41) is 6.45. The number of hydrogen-bond donors (Lipinski definition) is 3. The molecule has 3 amide bonds. The number of halogens is 6. The molecule has 36 heavy (non-hydrogen) atoms. The van der Waals surface area contributed by atoms with E-state index in [2.05, 4.69) is 15.6 Å². The van der Waals surface area contributed by atoms with Crippen molar-refractivity contribution in [2.24, 2.45) is 0 Å². The molecule has 1 aromatic heterocycles. The zero-order chi connectivity index (χ0) is 27.3. The van der Waals surface area contributed by atoms with Gasteiger partial charge < -0.3 is 16.0 Å². The van der Waals surface area contributed by atoms with E-state index in [9.17, 15) is 41.1 Å². The third-order valence-corrected chi connectivity index (χ3v) is 4.93. The number of carbonyl (C=O) groups excluding carboxylic acids is 4. The molecule has 2 rings (SSSR count). The Labute approximate surface area is 206 Å². The van der Waals surface area contributed by atoms with Crippen molar-refractivity contribution in [2.75, 3.05) is 12.4 Å². The van der Waals surface area contributed by atoms with Gasteiger partial charge in [0.2, 0.25) is 11.7 Å². The maximum Gasteiger partial charge on any atom is 0.433 e. The van der Waals surface area contributed by atoms with Gasteiger partial charge in [-0.1, -0.05) is 17.7 Å². The minimum atomic E-state index is -4.80. The largest absolute Gasteiger partial charge is 0.433 e. The number of amides is 3. The van der Waals surface area contributed by atoms with Crippen molar-refractivity contribution in [3.05, 3.63) is 58.4 Å². The molecule has 2 aromatic rings. The summed E-state index contributed by atoms with van der Waals surface area (Å²) in [6.07, 6.45) is -6.22. The van der Waals surface area contributed by atoms with E-state index in [4.69, 9.17) is 11.6 Å². The fourth-order valence-corrected chi connectivity index (χ4v) is 3.07. The van der Waals surface area contributed by atoms with Crippen LogP contribution in [0.15, 0.2) is 36.4 Å². The third-order valence-electron chi connectivity index (χ3n) is 4.69. The van der Waals surface area contributed by atoms with E-state index in [1.807, 2.05) is 5.32 Å². The highest BCUT2D eigenvalue weighted by Gasteiger charge is 2.33. The lowest BCUT2D eigenvalue weighted by molar-refractivity contribution is -0.141. The third kappa shape index (κ3) is 7.97. The molecule has 14 heteroatoms. The van der Waals surface area contributed by atoms with E-state index in [0.29, 0.717) is 13.0 Å². The van der Waals surface area contributed by atoms with E-state index in [1.165, 1.54) is 12.1 Å². The molecule has 0 radical (unpaired) electrons. The Kier molecular flexibility index (Phi) is 9.08. The van der Waals surface area contributed by atoms with Crippen molar-refractivity contribution in [2.45, 2.75) is 37.9 Å². The smallest absolute Gasteiger partial charge is 0.353 e. The fraction of sp³-hybridized carbons (Fsp3) is 0.318. The summed E-state index contributed by atoms with van der Waals surface area (Å²) in [6, 6.07) is 4.51. The number of rotatable bonds is 9. The van der Waals surface area contributed by atoms with Crippen LogP contribution in [0.2, 0.25) is 5.02 Å². The number of likely N-dealkylation sites (N-methyl/N-ethyl adjacent to an activating group) is 1. The summed E-state index contributed by atoms with van der Waals surface area (Å²) in [7, 11) is 1.14. The van der Waals surface area contributed by atoms with E-state index in [-0.39, 0.29) is 16.3 Å². The van der Waals surface area contributed by atoms with Gasteiger partial charge in [0.25, 0.3) is 17.7 Å². The van der Waals surface area contributed by atoms with Crippen LogP contribution in [-0.2, 0) is 15.8 Å². The Bertz CT molecular complexity index is 1170. The first-order valence-electron chi connectivity index (χ1n) is 10.2. The normalized spacial score (nSPS) is 12.4. The van der Waals surface area contributed by atoms with E-state index >= 15 is 0 Å². The van der Waals surface area contributed by atoms with Gasteiger partial charge in [-0.3, -0.25) is 19.2 Å². The molecule has 0 aliphatic carbocycles. The van der Waals surface area contributed by atoms with E-state index < -0.39 is 65.9 Å². The molecular formula is C22H20ClF5N4O4. The van der Waals surface area contributed by atoms with E-state index in [0.717, 1.165) is 25.2 Å². The van der Waals surface area contributed by atoms with Crippen molar-refractivity contribution >= 4 is 40.8 Å². The number of pyridine rings is 1. The second-order valence-electron chi connectivity index (χ2n) is 7.63. The molecule has 0 aliphatic rings. The minimum absolute atomic E-state index is 0.00427. The molecule has 0 aliphatic heterocycles. The number of nitrogens with zero attached hydrogens (tertiary/aromatic N) is 1. The van der Waals surface area contributed by atoms with Gasteiger partial charge in [0, 0.05) is 18.5 Å². The Morgan fingerprint density at radius 2 is 1.69 bits per heavy atom. The average molecular weight is 535 g/mol. The first kappa shape index (κ1) is 28.6. The average Bonchev–Trinajstić information content (AvgIpc) is 2.80. The lowest BCUT2D eigenvalue weighted by Crippen LogP contribution is -2.47. The lowest BCUT2D eigenvalue weighted by Gasteiger charge is -2.20. The van der Waals surface area contributed by atoms with Gasteiger partial charge in [-0.25, -0.2) is 13.8 Å². The number of alkyl halides is 5. The van der Waals surface area contributed by atoms with Crippen molar-refractivity contribution in [3.8, 4) is 0 Å². The Morgan fingerprint density at radius 1 is 1.03 bits per heavy atom. The molecule has 1 aromatic carbocycles. The molecule has 0 bridgehead atoms. The first-order chi connectivity index (χ1) is 16.6. The zero-order valence-corrected chi connectivity index (χ0v) is 19.6. The first-order valence-corrected chi connectivity index (χ1v) is 10.6. The number of nitrogens with one attached hydrogen (secondary N) is 3. The van der Waals surface area contributed by atoms with Crippen LogP contribution in [0, 0.1) is 0 Å². The number of ketones is 1. The van der Waals surface area contributed by atoms with Gasteiger partial charge >= 0.3 is 6.18 Å². The number of Topliss-reactive ketones (excluding diaryl/α,β-unsaturated/α-hetero) is 1. The van der Waals surface area contributed by atoms with Crippen molar-refractivity contribution in [1.29, 1.82) is 0 Å². The van der Waals surface area contributed by atoms with Crippen molar-refractivity contribution in [1.82, 2.24) is 15.6 Å². The number of hydrogen-bond acceptors (Lipinski definition) is 5. The summed E-state index contributed by atoms with van der Waals surface area (Å²) in [6.45, 7) is 0.600. The number of aromatic nitrogens is 1. The topological polar surface area (TPSA) is 117 Å². The lowest BCUT2D eigenvalue weighted by atomic mass is 10.0. The Hall–Kier alpha value is -3.61. The number of benzene rings is 1. The molecular weight excluding hydrogens is 515 g/mol. The molecule has 1 heterocycles. The quantitative estimate of drug-likeness (QED) is 0.334. The predicted octanol–water partition coefficient (Wildman–Crippen LogP) is 3.86. The second kappa shape index (κ2) is 11.4. The van der Waals surface area contributed by atoms with Crippen LogP contribution in [-0.4, -0.2) is 47.5 Å². The molecule has 0 saturated carbocycles. The number of anilines is 1. The van der Waals surface area contributed by atoms with Gasteiger partial charge in [0.15, 0.2) is 0 Å². The maximum atomic E-state index is 13.3. The fourth-order valence-electron chi connectivity index (χ4n) is 2.90. The van der Waals surface area contributed by atoms with Gasteiger partial charge in [0.1, 0.15) is 11.4 Å². The van der Waals surface area contributed by atoms with Gasteiger partial charge in [-0.15, -0.1) is 0 Å². The highest BCUT2D eigenvalue weighted by Crippen LogP contribution is 2.28. The minimum Gasteiger partial charge on any atom is -0.353 e. The molecule has 1 atom stereocenters. The van der Waals surface area contributed by atoms with Crippen molar-refractivity contribution in [3.63, 3.8) is 0 Å². The summed E-state index contributed by atoms with van der Waals surface area (Å²) >= 11 is 5.92. The van der Waals surface area contributed by atoms with Crippen molar-refractivity contribution < 1.29 is 41.1 Å². The van der Waals surface area contributed by atoms with Crippen LogP contribution in [0.5, 0.6) is 0 Å². The van der Waals surface area contributed by atoms with Crippen LogP contribution < -0.4 is 16.0 Å². The monoisotopic (exact) mass is 534 g/mol. The van der Waals surface area contributed by atoms with Crippen LogP contribution in [0.4, 0.5) is 27.6 Å². The van der Waals surface area contributed by atoms with Crippen LogP contribution in [0.1, 0.15) is 46.3 Å².